The number of rotatable bonds is 1. The van der Waals surface area contributed by atoms with Crippen LogP contribution in [0.3, 0.4) is 0 Å². The van der Waals surface area contributed by atoms with Gasteiger partial charge < -0.3 is 4.52 Å². The minimum absolute atomic E-state index is 0.129. The SMILES string of the molecule is FC(F)(F)c1ncccc1-c1ncon1. The summed E-state index contributed by atoms with van der Waals surface area (Å²) in [7, 11) is 0. The van der Waals surface area contributed by atoms with E-state index in [0.717, 1.165) is 12.6 Å². The van der Waals surface area contributed by atoms with Gasteiger partial charge in [0.05, 0.1) is 5.56 Å². The van der Waals surface area contributed by atoms with E-state index in [1.54, 1.807) is 0 Å². The van der Waals surface area contributed by atoms with Gasteiger partial charge in [0.2, 0.25) is 12.2 Å². The molecule has 0 N–H and O–H groups in total. The Labute approximate surface area is 81.8 Å². The van der Waals surface area contributed by atoms with Crippen LogP contribution in [0.15, 0.2) is 29.2 Å². The molecule has 0 saturated heterocycles. The first kappa shape index (κ1) is 9.63. The van der Waals surface area contributed by atoms with Crippen LogP contribution >= 0.6 is 0 Å². The maximum Gasteiger partial charge on any atom is 0.434 e. The highest BCUT2D eigenvalue weighted by atomic mass is 19.4. The van der Waals surface area contributed by atoms with Crippen molar-refractivity contribution in [1.29, 1.82) is 0 Å². The summed E-state index contributed by atoms with van der Waals surface area (Å²) >= 11 is 0. The van der Waals surface area contributed by atoms with Crippen molar-refractivity contribution in [3.63, 3.8) is 0 Å². The second-order valence-corrected chi connectivity index (χ2v) is 2.65. The van der Waals surface area contributed by atoms with Crippen molar-refractivity contribution in [2.24, 2.45) is 0 Å². The lowest BCUT2D eigenvalue weighted by Gasteiger charge is -2.07. The molecule has 0 aliphatic heterocycles. The van der Waals surface area contributed by atoms with Gasteiger partial charge in [-0.3, -0.25) is 4.98 Å². The number of alkyl halides is 3. The van der Waals surface area contributed by atoms with Gasteiger partial charge in [-0.05, 0) is 12.1 Å². The van der Waals surface area contributed by atoms with Crippen LogP contribution in [0.25, 0.3) is 11.4 Å². The molecule has 4 nitrogen and oxygen atoms in total. The molecule has 0 bridgehead atoms. The Morgan fingerprint density at radius 1 is 1.20 bits per heavy atom. The number of nitrogens with zero attached hydrogens (tertiary/aromatic N) is 3. The molecule has 0 fully saturated rings. The number of hydrogen-bond donors (Lipinski definition) is 0. The summed E-state index contributed by atoms with van der Waals surface area (Å²) in [4.78, 5) is 6.80. The molecule has 7 heteroatoms. The second kappa shape index (κ2) is 3.34. The van der Waals surface area contributed by atoms with Crippen LogP contribution < -0.4 is 0 Å². The van der Waals surface area contributed by atoms with Gasteiger partial charge >= 0.3 is 6.18 Å². The molecule has 15 heavy (non-hydrogen) atoms. The Morgan fingerprint density at radius 2 is 2.00 bits per heavy atom. The zero-order chi connectivity index (χ0) is 10.9. The second-order valence-electron chi connectivity index (χ2n) is 2.65. The average Bonchev–Trinajstić information content (AvgIpc) is 2.69. The fourth-order valence-electron chi connectivity index (χ4n) is 1.10. The summed E-state index contributed by atoms with van der Waals surface area (Å²) in [6.45, 7) is 0. The van der Waals surface area contributed by atoms with E-state index in [1.165, 1.54) is 12.1 Å². The molecule has 2 rings (SSSR count). The summed E-state index contributed by atoms with van der Waals surface area (Å²) < 4.78 is 41.9. The summed E-state index contributed by atoms with van der Waals surface area (Å²) in [5, 5.41) is 3.33. The Hall–Kier alpha value is -1.92. The third-order valence-electron chi connectivity index (χ3n) is 1.68. The molecule has 2 aromatic heterocycles. The van der Waals surface area contributed by atoms with Crippen molar-refractivity contribution in [2.45, 2.75) is 6.18 Å². The normalized spacial score (nSPS) is 11.7. The van der Waals surface area contributed by atoms with Crippen molar-refractivity contribution >= 4 is 0 Å². The van der Waals surface area contributed by atoms with Crippen molar-refractivity contribution in [2.75, 3.05) is 0 Å². The number of halogens is 3. The third kappa shape index (κ3) is 1.80. The predicted molar refractivity (Wildman–Crippen MR) is 42.5 cm³/mol. The highest BCUT2D eigenvalue weighted by molar-refractivity contribution is 5.57. The van der Waals surface area contributed by atoms with Crippen LogP contribution in [0.2, 0.25) is 0 Å². The predicted octanol–water partition coefficient (Wildman–Crippen LogP) is 2.15. The monoisotopic (exact) mass is 215 g/mol. The summed E-state index contributed by atoms with van der Waals surface area (Å²) in [5.41, 5.74) is -1.22. The van der Waals surface area contributed by atoms with Crippen molar-refractivity contribution in [3.8, 4) is 11.4 Å². The number of pyridine rings is 1. The van der Waals surface area contributed by atoms with Crippen LogP contribution in [0.4, 0.5) is 13.2 Å². The summed E-state index contributed by atoms with van der Waals surface area (Å²) in [5.74, 6) is -0.129. The molecule has 0 unspecified atom stereocenters. The van der Waals surface area contributed by atoms with Gasteiger partial charge in [-0.25, -0.2) is 0 Å². The molecular weight excluding hydrogens is 211 g/mol. The van der Waals surface area contributed by atoms with Crippen molar-refractivity contribution in [3.05, 3.63) is 30.4 Å². The molecule has 78 valence electrons. The van der Waals surface area contributed by atoms with Crippen molar-refractivity contribution in [1.82, 2.24) is 15.1 Å². The minimum atomic E-state index is -4.53. The molecule has 0 spiro atoms. The first-order chi connectivity index (χ1) is 7.09. The maximum atomic E-state index is 12.5. The smallest absolute Gasteiger partial charge is 0.342 e. The summed E-state index contributed by atoms with van der Waals surface area (Å²) in [6, 6.07) is 2.61. The lowest BCUT2D eigenvalue weighted by molar-refractivity contribution is -0.140. The number of aromatic nitrogens is 3. The van der Waals surface area contributed by atoms with Gasteiger partial charge in [0.15, 0.2) is 5.69 Å². The molecule has 0 radical (unpaired) electrons. The van der Waals surface area contributed by atoms with Crippen LogP contribution in [-0.2, 0) is 6.18 Å². The van der Waals surface area contributed by atoms with E-state index in [9.17, 15) is 13.2 Å². The quantitative estimate of drug-likeness (QED) is 0.731. The number of hydrogen-bond acceptors (Lipinski definition) is 4. The first-order valence-electron chi connectivity index (χ1n) is 3.88. The topological polar surface area (TPSA) is 51.8 Å². The van der Waals surface area contributed by atoms with E-state index >= 15 is 0 Å². The fourth-order valence-corrected chi connectivity index (χ4v) is 1.10. The van der Waals surface area contributed by atoms with Gasteiger partial charge in [-0.1, -0.05) is 5.16 Å². The molecule has 0 aliphatic carbocycles. The Morgan fingerprint density at radius 3 is 2.60 bits per heavy atom. The molecule has 0 aliphatic rings. The van der Waals surface area contributed by atoms with Gasteiger partial charge in [-0.2, -0.15) is 18.2 Å². The molecule has 0 amide bonds. The minimum Gasteiger partial charge on any atom is -0.342 e. The van der Waals surface area contributed by atoms with E-state index in [1.807, 2.05) is 0 Å². The Kier molecular flexibility index (Phi) is 2.14. The Bertz CT molecular complexity index is 452. The van der Waals surface area contributed by atoms with Gasteiger partial charge in [-0.15, -0.1) is 0 Å². The van der Waals surface area contributed by atoms with Gasteiger partial charge in [0.25, 0.3) is 0 Å². The van der Waals surface area contributed by atoms with E-state index in [2.05, 4.69) is 19.6 Å². The van der Waals surface area contributed by atoms with E-state index in [-0.39, 0.29) is 11.4 Å². The largest absolute Gasteiger partial charge is 0.434 e. The maximum absolute atomic E-state index is 12.5. The van der Waals surface area contributed by atoms with Crippen molar-refractivity contribution < 1.29 is 17.7 Å². The Balaban J connectivity index is 2.58. The highest BCUT2D eigenvalue weighted by Gasteiger charge is 2.36. The molecule has 2 aromatic rings. The first-order valence-corrected chi connectivity index (χ1v) is 3.88. The molecule has 2 heterocycles. The lowest BCUT2D eigenvalue weighted by atomic mass is 10.2. The standard InChI is InChI=1S/C8H4F3N3O/c9-8(10,11)6-5(2-1-3-12-6)7-13-4-15-14-7/h1-4H. The van der Waals surface area contributed by atoms with Crippen LogP contribution in [0.5, 0.6) is 0 Å². The van der Waals surface area contributed by atoms with E-state index < -0.39 is 11.9 Å². The zero-order valence-corrected chi connectivity index (χ0v) is 7.19. The van der Waals surface area contributed by atoms with E-state index in [0.29, 0.717) is 0 Å². The lowest BCUT2D eigenvalue weighted by Crippen LogP contribution is -2.10. The van der Waals surface area contributed by atoms with Crippen LogP contribution in [-0.4, -0.2) is 15.1 Å². The van der Waals surface area contributed by atoms with Gasteiger partial charge in [0.1, 0.15) is 0 Å². The summed E-state index contributed by atoms with van der Waals surface area (Å²) in [6.07, 6.45) is -2.51. The molecule has 0 atom stereocenters. The molecule has 0 aromatic carbocycles. The van der Waals surface area contributed by atoms with Gasteiger partial charge in [0, 0.05) is 6.20 Å². The fraction of sp³-hybridized carbons (Fsp3) is 0.125. The average molecular weight is 215 g/mol. The molecule has 0 saturated carbocycles. The third-order valence-corrected chi connectivity index (χ3v) is 1.68. The highest BCUT2D eigenvalue weighted by Crippen LogP contribution is 2.33. The van der Waals surface area contributed by atoms with Crippen LogP contribution in [0, 0.1) is 0 Å². The van der Waals surface area contributed by atoms with Crippen LogP contribution in [0.1, 0.15) is 5.69 Å². The van der Waals surface area contributed by atoms with E-state index in [4.69, 9.17) is 0 Å². The zero-order valence-electron chi connectivity index (χ0n) is 7.19. The molecular formula is C8H4F3N3O.